The van der Waals surface area contributed by atoms with Gasteiger partial charge in [0.15, 0.2) is 6.10 Å². The summed E-state index contributed by atoms with van der Waals surface area (Å²) >= 11 is 0. The zero-order valence-corrected chi connectivity index (χ0v) is 12.1. The van der Waals surface area contributed by atoms with Gasteiger partial charge in [-0.25, -0.2) is 8.78 Å². The third kappa shape index (κ3) is 3.66. The summed E-state index contributed by atoms with van der Waals surface area (Å²) in [6.07, 6.45) is -0.855. The Balaban J connectivity index is 2.19. The maximum atomic E-state index is 13.6. The minimum absolute atomic E-state index is 0.173. The molecule has 1 atom stereocenters. The molecule has 0 saturated heterocycles. The van der Waals surface area contributed by atoms with Crippen LogP contribution in [-0.2, 0) is 0 Å². The van der Waals surface area contributed by atoms with Crippen LogP contribution in [0.5, 0.6) is 5.75 Å². The number of benzene rings is 2. The number of hydrogen-bond donors (Lipinski definition) is 0. The summed E-state index contributed by atoms with van der Waals surface area (Å²) in [7, 11) is 0. The number of ketones is 1. The first kappa shape index (κ1) is 15.2. The van der Waals surface area contributed by atoms with E-state index >= 15 is 0 Å². The average Bonchev–Trinajstić information content (AvgIpc) is 2.36. The molecule has 2 rings (SSSR count). The molecule has 0 heterocycles. The lowest BCUT2D eigenvalue weighted by molar-refractivity contribution is 0.0813. The van der Waals surface area contributed by atoms with Gasteiger partial charge in [0.25, 0.3) is 0 Å². The van der Waals surface area contributed by atoms with Crippen LogP contribution in [0.2, 0.25) is 0 Å². The molecular formula is C17H16F2O2. The fourth-order valence-corrected chi connectivity index (χ4v) is 2.17. The van der Waals surface area contributed by atoms with Gasteiger partial charge in [0, 0.05) is 6.07 Å². The zero-order chi connectivity index (χ0) is 15.6. The van der Waals surface area contributed by atoms with Gasteiger partial charge in [0.1, 0.15) is 17.4 Å². The molecule has 0 amide bonds. The predicted octanol–water partition coefficient (Wildman–Crippen LogP) is 4.23. The van der Waals surface area contributed by atoms with Crippen LogP contribution in [0.1, 0.15) is 28.4 Å². The fraction of sp³-hybridized carbons (Fsp3) is 0.235. The van der Waals surface area contributed by atoms with Crippen LogP contribution in [0, 0.1) is 25.5 Å². The van der Waals surface area contributed by atoms with Crippen LogP contribution >= 0.6 is 0 Å². The quantitative estimate of drug-likeness (QED) is 0.788. The monoisotopic (exact) mass is 290 g/mol. The third-order valence-electron chi connectivity index (χ3n) is 3.07. The Bertz CT molecular complexity index is 660. The molecule has 2 nitrogen and oxygen atoms in total. The van der Waals surface area contributed by atoms with Crippen molar-refractivity contribution in [1.29, 1.82) is 0 Å². The van der Waals surface area contributed by atoms with Crippen molar-refractivity contribution in [3.05, 3.63) is 64.7 Å². The molecule has 0 saturated carbocycles. The molecule has 0 aromatic heterocycles. The normalized spacial score (nSPS) is 12.0. The molecule has 0 aliphatic heterocycles. The average molecular weight is 290 g/mol. The standard InChI is InChI=1S/C17H16F2O2/c1-10-6-11(2)8-14(7-10)21-12(3)17(20)15-5-4-13(18)9-16(15)19/h4-9,12H,1-3H3. The largest absolute Gasteiger partial charge is 0.483 e. The van der Waals surface area contributed by atoms with Crippen molar-refractivity contribution in [3.63, 3.8) is 0 Å². The second-order valence-electron chi connectivity index (χ2n) is 5.07. The fourth-order valence-electron chi connectivity index (χ4n) is 2.17. The van der Waals surface area contributed by atoms with Crippen molar-refractivity contribution in [2.24, 2.45) is 0 Å². The van der Waals surface area contributed by atoms with Crippen molar-refractivity contribution >= 4 is 5.78 Å². The molecule has 0 spiro atoms. The summed E-state index contributed by atoms with van der Waals surface area (Å²) in [4.78, 5) is 12.2. The molecule has 4 heteroatoms. The zero-order valence-electron chi connectivity index (χ0n) is 12.1. The van der Waals surface area contributed by atoms with E-state index in [1.54, 1.807) is 19.1 Å². The highest BCUT2D eigenvalue weighted by molar-refractivity contribution is 5.99. The van der Waals surface area contributed by atoms with E-state index in [-0.39, 0.29) is 5.56 Å². The minimum Gasteiger partial charge on any atom is -0.483 e. The molecular weight excluding hydrogens is 274 g/mol. The van der Waals surface area contributed by atoms with Gasteiger partial charge in [-0.05, 0) is 56.2 Å². The van der Waals surface area contributed by atoms with E-state index < -0.39 is 23.5 Å². The van der Waals surface area contributed by atoms with Crippen LogP contribution < -0.4 is 4.74 Å². The Morgan fingerprint density at radius 1 is 1.05 bits per heavy atom. The van der Waals surface area contributed by atoms with E-state index in [4.69, 9.17) is 4.74 Å². The second-order valence-corrected chi connectivity index (χ2v) is 5.07. The van der Waals surface area contributed by atoms with Gasteiger partial charge in [-0.3, -0.25) is 4.79 Å². The van der Waals surface area contributed by atoms with Crippen molar-refractivity contribution in [2.75, 3.05) is 0 Å². The van der Waals surface area contributed by atoms with Crippen LogP contribution in [0.15, 0.2) is 36.4 Å². The Morgan fingerprint density at radius 2 is 1.67 bits per heavy atom. The Morgan fingerprint density at radius 3 is 2.24 bits per heavy atom. The molecule has 2 aromatic rings. The number of hydrogen-bond acceptors (Lipinski definition) is 2. The summed E-state index contributed by atoms with van der Waals surface area (Å²) in [5, 5.41) is 0. The first-order chi connectivity index (χ1) is 9.86. The molecule has 2 aromatic carbocycles. The van der Waals surface area contributed by atoms with E-state index in [2.05, 4.69) is 0 Å². The number of rotatable bonds is 4. The highest BCUT2D eigenvalue weighted by Crippen LogP contribution is 2.20. The van der Waals surface area contributed by atoms with E-state index in [0.717, 1.165) is 23.3 Å². The summed E-state index contributed by atoms with van der Waals surface area (Å²) in [6, 6.07) is 8.47. The Hall–Kier alpha value is -2.23. The number of Topliss-reactive ketones (excluding diaryl/α,β-unsaturated/α-hetero) is 1. The molecule has 0 aliphatic carbocycles. The second kappa shape index (κ2) is 6.04. The molecule has 110 valence electrons. The summed E-state index contributed by atoms with van der Waals surface area (Å²) in [5.41, 5.74) is 1.85. The number of aryl methyl sites for hydroxylation is 2. The van der Waals surface area contributed by atoms with E-state index in [1.807, 2.05) is 19.9 Å². The highest BCUT2D eigenvalue weighted by Gasteiger charge is 2.20. The maximum absolute atomic E-state index is 13.6. The van der Waals surface area contributed by atoms with Crippen LogP contribution in [0.25, 0.3) is 0 Å². The van der Waals surface area contributed by atoms with Gasteiger partial charge >= 0.3 is 0 Å². The number of ether oxygens (including phenoxy) is 1. The molecule has 0 radical (unpaired) electrons. The van der Waals surface area contributed by atoms with Gasteiger partial charge in [0.05, 0.1) is 5.56 Å². The lowest BCUT2D eigenvalue weighted by atomic mass is 10.1. The summed E-state index contributed by atoms with van der Waals surface area (Å²) in [6.45, 7) is 5.39. The number of carbonyl (C=O) groups is 1. The van der Waals surface area contributed by atoms with Crippen molar-refractivity contribution in [3.8, 4) is 5.75 Å². The van der Waals surface area contributed by atoms with Crippen molar-refractivity contribution in [2.45, 2.75) is 26.9 Å². The van der Waals surface area contributed by atoms with Gasteiger partial charge in [0.2, 0.25) is 5.78 Å². The molecule has 0 bridgehead atoms. The Kier molecular flexibility index (Phi) is 4.36. The predicted molar refractivity (Wildman–Crippen MR) is 76.7 cm³/mol. The first-order valence-electron chi connectivity index (χ1n) is 6.61. The van der Waals surface area contributed by atoms with Crippen LogP contribution in [0.3, 0.4) is 0 Å². The molecule has 0 N–H and O–H groups in total. The minimum atomic E-state index is -0.879. The summed E-state index contributed by atoms with van der Waals surface area (Å²) < 4.78 is 32.0. The van der Waals surface area contributed by atoms with E-state index in [0.29, 0.717) is 11.8 Å². The van der Waals surface area contributed by atoms with Crippen molar-refractivity contribution in [1.82, 2.24) is 0 Å². The van der Waals surface area contributed by atoms with Gasteiger partial charge in [-0.15, -0.1) is 0 Å². The van der Waals surface area contributed by atoms with Gasteiger partial charge in [-0.2, -0.15) is 0 Å². The molecule has 1 unspecified atom stereocenters. The number of carbonyl (C=O) groups excluding carboxylic acids is 1. The van der Waals surface area contributed by atoms with E-state index in [1.165, 1.54) is 0 Å². The highest BCUT2D eigenvalue weighted by atomic mass is 19.1. The lowest BCUT2D eigenvalue weighted by Gasteiger charge is -2.15. The van der Waals surface area contributed by atoms with Crippen LogP contribution in [0.4, 0.5) is 8.78 Å². The SMILES string of the molecule is Cc1cc(C)cc(OC(C)C(=O)c2ccc(F)cc2F)c1. The van der Waals surface area contributed by atoms with Crippen molar-refractivity contribution < 1.29 is 18.3 Å². The maximum Gasteiger partial charge on any atom is 0.205 e. The molecule has 21 heavy (non-hydrogen) atoms. The Labute approximate surface area is 122 Å². The van der Waals surface area contributed by atoms with Gasteiger partial charge < -0.3 is 4.74 Å². The van der Waals surface area contributed by atoms with Crippen LogP contribution in [-0.4, -0.2) is 11.9 Å². The number of halogens is 2. The topological polar surface area (TPSA) is 26.3 Å². The van der Waals surface area contributed by atoms with Gasteiger partial charge in [-0.1, -0.05) is 6.07 Å². The third-order valence-corrected chi connectivity index (χ3v) is 3.07. The van der Waals surface area contributed by atoms with E-state index in [9.17, 15) is 13.6 Å². The first-order valence-corrected chi connectivity index (χ1v) is 6.61. The molecule has 0 fully saturated rings. The smallest absolute Gasteiger partial charge is 0.205 e. The molecule has 0 aliphatic rings. The summed E-state index contributed by atoms with van der Waals surface area (Å²) in [5.74, 6) is -1.56. The lowest BCUT2D eigenvalue weighted by Crippen LogP contribution is -2.25.